The van der Waals surface area contributed by atoms with Crippen molar-refractivity contribution >= 4 is 17.5 Å². The molecule has 0 aromatic heterocycles. The van der Waals surface area contributed by atoms with Crippen molar-refractivity contribution < 1.29 is 29.3 Å². The van der Waals surface area contributed by atoms with Gasteiger partial charge >= 0.3 is 5.97 Å². The molecule has 0 saturated heterocycles. The van der Waals surface area contributed by atoms with Crippen molar-refractivity contribution in [2.45, 2.75) is 39.2 Å². The average Bonchev–Trinajstić information content (AvgIpc) is 2.72. The zero-order chi connectivity index (χ0) is 15.1. The van der Waals surface area contributed by atoms with Gasteiger partial charge in [-0.25, -0.2) is 0 Å². The minimum absolute atomic E-state index is 0.127. The Bertz CT molecular complexity index is 455. The SMILES string of the molecule is CC1(C)C2CCC1(COC(=O)CC(O)CO)C(=O)C2=O. The molecule has 20 heavy (non-hydrogen) atoms. The van der Waals surface area contributed by atoms with Gasteiger partial charge in [0, 0.05) is 5.92 Å². The molecule has 0 aromatic rings. The largest absolute Gasteiger partial charge is 0.464 e. The van der Waals surface area contributed by atoms with Crippen LogP contribution in [0.5, 0.6) is 0 Å². The van der Waals surface area contributed by atoms with Crippen molar-refractivity contribution in [1.82, 2.24) is 0 Å². The summed E-state index contributed by atoms with van der Waals surface area (Å²) >= 11 is 0. The molecule has 112 valence electrons. The fourth-order valence-electron chi connectivity index (χ4n) is 3.51. The van der Waals surface area contributed by atoms with Gasteiger partial charge in [0.25, 0.3) is 0 Å². The number of fused-ring (bicyclic) bond motifs is 2. The standard InChI is InChI=1S/C14H20O6/c1-13(2)9-3-4-14(13,12(19)11(9)18)7-20-10(17)5-8(16)6-15/h8-9,15-16H,3-7H2,1-2H3. The first-order chi connectivity index (χ1) is 9.26. The van der Waals surface area contributed by atoms with Gasteiger partial charge in [0.05, 0.1) is 24.5 Å². The number of Topliss-reactive ketones (excluding diaryl/α,β-unsaturated/α-hetero) is 2. The maximum Gasteiger partial charge on any atom is 0.308 e. The summed E-state index contributed by atoms with van der Waals surface area (Å²) in [5.74, 6) is -1.74. The van der Waals surface area contributed by atoms with E-state index in [4.69, 9.17) is 9.84 Å². The summed E-state index contributed by atoms with van der Waals surface area (Å²) in [7, 11) is 0. The molecule has 6 heteroatoms. The van der Waals surface area contributed by atoms with E-state index in [-0.39, 0.29) is 24.7 Å². The fraction of sp³-hybridized carbons (Fsp3) is 0.786. The molecule has 0 amide bonds. The molecular weight excluding hydrogens is 264 g/mol. The summed E-state index contributed by atoms with van der Waals surface area (Å²) in [5.41, 5.74) is -1.42. The molecule has 2 rings (SSSR count). The lowest BCUT2D eigenvalue weighted by Crippen LogP contribution is -2.42. The third-order valence-corrected chi connectivity index (χ3v) is 5.03. The lowest BCUT2D eigenvalue weighted by atomic mass is 9.69. The van der Waals surface area contributed by atoms with Crippen LogP contribution in [0.4, 0.5) is 0 Å². The van der Waals surface area contributed by atoms with Crippen LogP contribution in [0, 0.1) is 16.7 Å². The Balaban J connectivity index is 2.06. The first-order valence-electron chi connectivity index (χ1n) is 6.79. The molecular formula is C14H20O6. The summed E-state index contributed by atoms with van der Waals surface area (Å²) in [6.45, 7) is 3.08. The van der Waals surface area contributed by atoms with Crippen LogP contribution in [0.2, 0.25) is 0 Å². The predicted molar refractivity (Wildman–Crippen MR) is 67.6 cm³/mol. The van der Waals surface area contributed by atoms with Gasteiger partial charge in [0.1, 0.15) is 6.61 Å². The van der Waals surface area contributed by atoms with E-state index < -0.39 is 35.3 Å². The monoisotopic (exact) mass is 284 g/mol. The van der Waals surface area contributed by atoms with Crippen LogP contribution in [0.15, 0.2) is 0 Å². The Labute approximate surface area is 117 Å². The number of hydrogen-bond acceptors (Lipinski definition) is 6. The van der Waals surface area contributed by atoms with E-state index >= 15 is 0 Å². The Morgan fingerprint density at radius 3 is 2.60 bits per heavy atom. The quantitative estimate of drug-likeness (QED) is 0.538. The summed E-state index contributed by atoms with van der Waals surface area (Å²) in [6.07, 6.45) is -0.289. The first-order valence-corrected chi connectivity index (χ1v) is 6.79. The third kappa shape index (κ3) is 1.98. The molecule has 0 radical (unpaired) electrons. The molecule has 3 unspecified atom stereocenters. The van der Waals surface area contributed by atoms with E-state index in [1.807, 2.05) is 13.8 Å². The maximum atomic E-state index is 12.2. The number of ketones is 2. The smallest absolute Gasteiger partial charge is 0.308 e. The van der Waals surface area contributed by atoms with Crippen LogP contribution in [-0.2, 0) is 19.1 Å². The molecule has 3 atom stereocenters. The van der Waals surface area contributed by atoms with Gasteiger partial charge in [0.2, 0.25) is 11.6 Å². The van der Waals surface area contributed by atoms with Crippen LogP contribution in [0.3, 0.4) is 0 Å². The molecule has 2 aliphatic carbocycles. The molecule has 0 heterocycles. The van der Waals surface area contributed by atoms with E-state index in [2.05, 4.69) is 0 Å². The minimum Gasteiger partial charge on any atom is -0.464 e. The van der Waals surface area contributed by atoms with E-state index in [9.17, 15) is 19.5 Å². The van der Waals surface area contributed by atoms with Gasteiger partial charge in [-0.2, -0.15) is 0 Å². The van der Waals surface area contributed by atoms with Crippen LogP contribution in [-0.4, -0.2) is 47.1 Å². The van der Waals surface area contributed by atoms with Gasteiger partial charge in [-0.15, -0.1) is 0 Å². The maximum absolute atomic E-state index is 12.2. The van der Waals surface area contributed by atoms with Crippen molar-refractivity contribution in [2.75, 3.05) is 13.2 Å². The molecule has 2 saturated carbocycles. The molecule has 6 nitrogen and oxygen atoms in total. The Kier molecular flexibility index (Phi) is 3.73. The Hall–Kier alpha value is -1.27. The highest BCUT2D eigenvalue weighted by atomic mass is 16.5. The molecule has 0 aromatic carbocycles. The number of ether oxygens (including phenoxy) is 1. The number of aliphatic hydroxyl groups excluding tert-OH is 2. The van der Waals surface area contributed by atoms with Gasteiger partial charge in [-0.3, -0.25) is 14.4 Å². The number of rotatable bonds is 5. The number of aliphatic hydroxyl groups is 2. The fourth-order valence-corrected chi connectivity index (χ4v) is 3.51. The summed E-state index contributed by atoms with van der Waals surface area (Å²) in [5, 5.41) is 17.8. The number of hydrogen-bond donors (Lipinski definition) is 2. The van der Waals surface area contributed by atoms with Crippen LogP contribution >= 0.6 is 0 Å². The van der Waals surface area contributed by atoms with E-state index in [0.29, 0.717) is 12.8 Å². The Morgan fingerprint density at radius 1 is 1.45 bits per heavy atom. The van der Waals surface area contributed by atoms with Crippen molar-refractivity contribution in [2.24, 2.45) is 16.7 Å². The number of carbonyl (C=O) groups is 3. The topological polar surface area (TPSA) is 101 Å². The van der Waals surface area contributed by atoms with E-state index in [0.717, 1.165) is 0 Å². The van der Waals surface area contributed by atoms with E-state index in [1.165, 1.54) is 0 Å². The van der Waals surface area contributed by atoms with Crippen molar-refractivity contribution in [3.8, 4) is 0 Å². The molecule has 2 aliphatic rings. The predicted octanol–water partition coefficient (Wildman–Crippen LogP) is -0.153. The second-order valence-electron chi connectivity index (χ2n) is 6.29. The van der Waals surface area contributed by atoms with Gasteiger partial charge in [0.15, 0.2) is 0 Å². The first kappa shape index (κ1) is 15.1. The second-order valence-corrected chi connectivity index (χ2v) is 6.29. The van der Waals surface area contributed by atoms with Crippen LogP contribution in [0.1, 0.15) is 33.1 Å². The summed E-state index contributed by atoms with van der Waals surface area (Å²) in [6, 6.07) is 0. The summed E-state index contributed by atoms with van der Waals surface area (Å²) in [4.78, 5) is 35.6. The van der Waals surface area contributed by atoms with Crippen LogP contribution in [0.25, 0.3) is 0 Å². The molecule has 2 fully saturated rings. The zero-order valence-electron chi connectivity index (χ0n) is 11.7. The second kappa shape index (κ2) is 4.93. The molecule has 0 spiro atoms. The molecule has 2 N–H and O–H groups in total. The zero-order valence-corrected chi connectivity index (χ0v) is 11.7. The van der Waals surface area contributed by atoms with Crippen molar-refractivity contribution in [3.63, 3.8) is 0 Å². The Morgan fingerprint density at radius 2 is 2.10 bits per heavy atom. The minimum atomic E-state index is -1.16. The van der Waals surface area contributed by atoms with E-state index in [1.54, 1.807) is 0 Å². The lowest BCUT2D eigenvalue weighted by molar-refractivity contribution is -0.156. The number of carbonyl (C=O) groups excluding carboxylic acids is 3. The molecule has 0 aliphatic heterocycles. The highest BCUT2D eigenvalue weighted by Gasteiger charge is 2.69. The highest BCUT2D eigenvalue weighted by molar-refractivity contribution is 6.43. The summed E-state index contributed by atoms with van der Waals surface area (Å²) < 4.78 is 5.09. The van der Waals surface area contributed by atoms with Crippen LogP contribution < -0.4 is 0 Å². The van der Waals surface area contributed by atoms with Gasteiger partial charge in [-0.05, 0) is 18.3 Å². The van der Waals surface area contributed by atoms with Gasteiger partial charge in [-0.1, -0.05) is 13.8 Å². The molecule has 2 bridgehead atoms. The normalized spacial score (nSPS) is 32.5. The average molecular weight is 284 g/mol. The lowest BCUT2D eigenvalue weighted by Gasteiger charge is -2.34. The number of esters is 1. The van der Waals surface area contributed by atoms with Crippen molar-refractivity contribution in [1.29, 1.82) is 0 Å². The van der Waals surface area contributed by atoms with Crippen molar-refractivity contribution in [3.05, 3.63) is 0 Å². The van der Waals surface area contributed by atoms with Gasteiger partial charge < -0.3 is 14.9 Å². The third-order valence-electron chi connectivity index (χ3n) is 5.03. The highest BCUT2D eigenvalue weighted by Crippen LogP contribution is 2.62.